The lowest BCUT2D eigenvalue weighted by Crippen LogP contribution is -2.22. The van der Waals surface area contributed by atoms with Crippen LogP contribution in [0.3, 0.4) is 0 Å². The van der Waals surface area contributed by atoms with Crippen molar-refractivity contribution in [2.75, 3.05) is 5.32 Å². The maximum absolute atomic E-state index is 12.3. The Morgan fingerprint density at radius 1 is 1.08 bits per heavy atom. The van der Waals surface area contributed by atoms with Crippen LogP contribution in [0.5, 0.6) is 0 Å². The van der Waals surface area contributed by atoms with Crippen LogP contribution in [0.1, 0.15) is 0 Å². The summed E-state index contributed by atoms with van der Waals surface area (Å²) in [5.41, 5.74) is 1.93. The number of amides is 1. The van der Waals surface area contributed by atoms with E-state index >= 15 is 0 Å². The lowest BCUT2D eigenvalue weighted by atomic mass is 10.2. The Morgan fingerprint density at radius 3 is 2.76 bits per heavy atom. The summed E-state index contributed by atoms with van der Waals surface area (Å²) in [4.78, 5) is 40.7. The highest BCUT2D eigenvalue weighted by Crippen LogP contribution is 2.15. The first kappa shape index (κ1) is 14.9. The zero-order valence-electron chi connectivity index (χ0n) is 12.9. The van der Waals surface area contributed by atoms with Gasteiger partial charge in [0.25, 0.3) is 0 Å². The van der Waals surface area contributed by atoms with E-state index in [0.717, 1.165) is 0 Å². The van der Waals surface area contributed by atoms with Crippen molar-refractivity contribution in [3.8, 4) is 0 Å². The molecular weight excluding hydrogens is 322 g/mol. The lowest BCUT2D eigenvalue weighted by molar-refractivity contribution is -0.116. The summed E-state index contributed by atoms with van der Waals surface area (Å²) < 4.78 is 1.47. The van der Waals surface area contributed by atoms with Gasteiger partial charge in [-0.25, -0.2) is 4.79 Å². The fraction of sp³-hybridized carbons (Fsp3) is 0.0588. The summed E-state index contributed by atoms with van der Waals surface area (Å²) >= 11 is 0. The van der Waals surface area contributed by atoms with Crippen LogP contribution in [0.2, 0.25) is 0 Å². The van der Waals surface area contributed by atoms with Crippen LogP contribution in [0.25, 0.3) is 21.9 Å². The molecule has 8 nitrogen and oxygen atoms in total. The van der Waals surface area contributed by atoms with E-state index in [0.29, 0.717) is 27.6 Å². The van der Waals surface area contributed by atoms with Crippen molar-refractivity contribution >= 4 is 33.5 Å². The van der Waals surface area contributed by atoms with Crippen molar-refractivity contribution in [3.63, 3.8) is 0 Å². The maximum atomic E-state index is 12.3. The number of anilines is 1. The van der Waals surface area contributed by atoms with Crippen LogP contribution in [0, 0.1) is 0 Å². The Bertz CT molecular complexity index is 1220. The Kier molecular flexibility index (Phi) is 3.42. The molecule has 8 heteroatoms. The molecule has 0 aliphatic heterocycles. The van der Waals surface area contributed by atoms with Gasteiger partial charge in [0.2, 0.25) is 11.3 Å². The predicted molar refractivity (Wildman–Crippen MR) is 93.6 cm³/mol. The maximum Gasteiger partial charge on any atom is 0.323 e. The van der Waals surface area contributed by atoms with Crippen LogP contribution in [0.4, 0.5) is 5.69 Å². The molecule has 0 aliphatic carbocycles. The molecule has 1 amide bonds. The van der Waals surface area contributed by atoms with Crippen molar-refractivity contribution in [1.29, 1.82) is 0 Å². The third kappa shape index (κ3) is 2.80. The van der Waals surface area contributed by atoms with Gasteiger partial charge >= 0.3 is 5.69 Å². The number of nitrogens with zero attached hydrogens (tertiary/aromatic N) is 2. The molecule has 0 saturated carbocycles. The highest BCUT2D eigenvalue weighted by molar-refractivity contribution is 5.93. The first-order valence-electron chi connectivity index (χ1n) is 7.57. The van der Waals surface area contributed by atoms with Crippen molar-refractivity contribution in [3.05, 3.63) is 69.4 Å². The summed E-state index contributed by atoms with van der Waals surface area (Å²) in [6.45, 7) is -0.0392. The SMILES string of the molecule is O=C(Cn1ncc(=O)c2ccccc21)Nc1ccc2[nH]c(=O)[nH]c2c1. The van der Waals surface area contributed by atoms with Crippen molar-refractivity contribution in [1.82, 2.24) is 19.7 Å². The van der Waals surface area contributed by atoms with Gasteiger partial charge in [0, 0.05) is 11.1 Å². The van der Waals surface area contributed by atoms with E-state index in [1.54, 1.807) is 42.5 Å². The minimum atomic E-state index is -0.303. The van der Waals surface area contributed by atoms with E-state index in [9.17, 15) is 14.4 Å². The molecule has 0 unspecified atom stereocenters. The van der Waals surface area contributed by atoms with Crippen molar-refractivity contribution in [2.45, 2.75) is 6.54 Å². The fourth-order valence-corrected chi connectivity index (χ4v) is 2.73. The zero-order valence-corrected chi connectivity index (χ0v) is 12.9. The van der Waals surface area contributed by atoms with Gasteiger partial charge in [0.1, 0.15) is 6.54 Å². The van der Waals surface area contributed by atoms with Gasteiger partial charge < -0.3 is 15.3 Å². The standard InChI is InChI=1S/C17H13N5O3/c23-15-8-18-22(14-4-2-1-3-11(14)15)9-16(24)19-10-5-6-12-13(7-10)21-17(25)20-12/h1-8H,9H2,(H,19,24)(H2,20,21,25). The number of hydrogen-bond donors (Lipinski definition) is 3. The summed E-state index contributed by atoms with van der Waals surface area (Å²) in [6, 6.07) is 12.1. The molecule has 0 aliphatic rings. The monoisotopic (exact) mass is 335 g/mol. The van der Waals surface area contributed by atoms with Gasteiger partial charge in [0.05, 0.1) is 22.7 Å². The first-order valence-corrected chi connectivity index (χ1v) is 7.57. The molecule has 0 radical (unpaired) electrons. The average molecular weight is 335 g/mol. The highest BCUT2D eigenvalue weighted by atomic mass is 16.2. The van der Waals surface area contributed by atoms with Gasteiger partial charge in [-0.3, -0.25) is 14.3 Å². The molecule has 0 bridgehead atoms. The molecule has 4 rings (SSSR count). The first-order chi connectivity index (χ1) is 12.1. The average Bonchev–Trinajstić information content (AvgIpc) is 2.97. The molecule has 4 aromatic rings. The Labute approximate surface area is 140 Å². The lowest BCUT2D eigenvalue weighted by Gasteiger charge is -2.09. The smallest absolute Gasteiger partial charge is 0.323 e. The van der Waals surface area contributed by atoms with E-state index in [4.69, 9.17) is 0 Å². The van der Waals surface area contributed by atoms with E-state index < -0.39 is 0 Å². The van der Waals surface area contributed by atoms with E-state index in [-0.39, 0.29) is 23.6 Å². The number of imidazole rings is 1. The van der Waals surface area contributed by atoms with Gasteiger partial charge in [-0.05, 0) is 30.3 Å². The minimum absolute atomic E-state index is 0.0392. The fourth-order valence-electron chi connectivity index (χ4n) is 2.73. The molecule has 0 spiro atoms. The number of aromatic nitrogens is 4. The number of fused-ring (bicyclic) bond motifs is 2. The van der Waals surface area contributed by atoms with E-state index in [2.05, 4.69) is 20.4 Å². The topological polar surface area (TPSA) is 113 Å². The van der Waals surface area contributed by atoms with Crippen LogP contribution in [-0.4, -0.2) is 25.7 Å². The summed E-state index contributed by atoms with van der Waals surface area (Å²) in [7, 11) is 0. The number of para-hydroxylation sites is 1. The summed E-state index contributed by atoms with van der Waals surface area (Å²) in [5.74, 6) is -0.293. The van der Waals surface area contributed by atoms with E-state index in [1.807, 2.05) is 0 Å². The number of benzene rings is 2. The van der Waals surface area contributed by atoms with Gasteiger partial charge in [-0.2, -0.15) is 5.10 Å². The minimum Gasteiger partial charge on any atom is -0.324 e. The van der Waals surface area contributed by atoms with Crippen LogP contribution in [-0.2, 0) is 11.3 Å². The molecule has 2 aromatic carbocycles. The Morgan fingerprint density at radius 2 is 1.88 bits per heavy atom. The number of carbonyl (C=O) groups excluding carboxylic acids is 1. The second-order valence-corrected chi connectivity index (χ2v) is 5.57. The Hall–Kier alpha value is -3.68. The quantitative estimate of drug-likeness (QED) is 0.522. The number of nitrogens with one attached hydrogen (secondary N) is 3. The molecule has 0 saturated heterocycles. The summed E-state index contributed by atoms with van der Waals surface area (Å²) in [6.07, 6.45) is 1.20. The second kappa shape index (κ2) is 5.75. The number of aromatic amines is 2. The van der Waals surface area contributed by atoms with Crippen LogP contribution < -0.4 is 16.4 Å². The van der Waals surface area contributed by atoms with E-state index in [1.165, 1.54) is 10.9 Å². The van der Waals surface area contributed by atoms with Crippen LogP contribution in [0.15, 0.2) is 58.3 Å². The number of H-pyrrole nitrogens is 2. The number of rotatable bonds is 3. The molecule has 124 valence electrons. The van der Waals surface area contributed by atoms with Crippen molar-refractivity contribution in [2.24, 2.45) is 0 Å². The molecule has 0 fully saturated rings. The molecule has 3 N–H and O–H groups in total. The normalized spacial score (nSPS) is 11.0. The third-order valence-corrected chi connectivity index (χ3v) is 3.86. The third-order valence-electron chi connectivity index (χ3n) is 3.86. The second-order valence-electron chi connectivity index (χ2n) is 5.57. The largest absolute Gasteiger partial charge is 0.324 e. The molecule has 2 aromatic heterocycles. The highest BCUT2D eigenvalue weighted by Gasteiger charge is 2.09. The molecule has 0 atom stereocenters. The molecular formula is C17H13N5O3. The van der Waals surface area contributed by atoms with Gasteiger partial charge in [-0.15, -0.1) is 0 Å². The Balaban J connectivity index is 1.60. The van der Waals surface area contributed by atoms with Gasteiger partial charge in [0.15, 0.2) is 0 Å². The van der Waals surface area contributed by atoms with Crippen LogP contribution >= 0.6 is 0 Å². The molecule has 2 heterocycles. The number of hydrogen-bond acceptors (Lipinski definition) is 4. The van der Waals surface area contributed by atoms with Crippen molar-refractivity contribution < 1.29 is 4.79 Å². The summed E-state index contributed by atoms with van der Waals surface area (Å²) in [5, 5.41) is 7.30. The predicted octanol–water partition coefficient (Wildman–Crippen LogP) is 1.20. The molecule has 25 heavy (non-hydrogen) atoms. The zero-order chi connectivity index (χ0) is 17.4. The van der Waals surface area contributed by atoms with Gasteiger partial charge in [-0.1, -0.05) is 12.1 Å². The number of carbonyl (C=O) groups is 1.